The number of carbonyl (C=O) groups is 1. The van der Waals surface area contributed by atoms with Crippen LogP contribution in [-0.4, -0.2) is 42.0 Å². The number of halogens is 2. The minimum absolute atomic E-state index is 0.0832. The second kappa shape index (κ2) is 8.06. The number of aromatic nitrogens is 1. The first kappa shape index (κ1) is 19.2. The van der Waals surface area contributed by atoms with Gasteiger partial charge in [0.1, 0.15) is 11.9 Å². The lowest BCUT2D eigenvalue weighted by atomic mass is 10.1. The van der Waals surface area contributed by atoms with Crippen molar-refractivity contribution in [3.05, 3.63) is 70.6 Å². The van der Waals surface area contributed by atoms with E-state index in [1.165, 1.54) is 12.1 Å². The van der Waals surface area contributed by atoms with Crippen molar-refractivity contribution in [2.75, 3.05) is 31.1 Å². The molecule has 7 heteroatoms. The first-order valence-electron chi connectivity index (χ1n) is 9.35. The van der Waals surface area contributed by atoms with Crippen molar-refractivity contribution >= 4 is 34.1 Å². The van der Waals surface area contributed by atoms with Gasteiger partial charge in [-0.25, -0.2) is 4.39 Å². The van der Waals surface area contributed by atoms with Crippen LogP contribution in [0.3, 0.4) is 0 Å². The molecule has 1 aliphatic heterocycles. The monoisotopic (exact) mass is 408 g/mol. The number of carbonyl (C=O) groups excluding carboxylic acids is 1. The van der Waals surface area contributed by atoms with Crippen LogP contribution in [0.15, 0.2) is 48.7 Å². The second-order valence-electron chi connectivity index (χ2n) is 6.91. The Bertz CT molecular complexity index is 1130. The van der Waals surface area contributed by atoms with Crippen LogP contribution in [-0.2, 0) is 0 Å². The number of rotatable bonds is 2. The van der Waals surface area contributed by atoms with Crippen molar-refractivity contribution < 1.29 is 9.18 Å². The molecule has 0 saturated carbocycles. The van der Waals surface area contributed by atoms with E-state index < -0.39 is 5.82 Å². The molecule has 0 N–H and O–H groups in total. The Morgan fingerprint density at radius 3 is 2.76 bits per heavy atom. The Morgan fingerprint density at radius 2 is 1.97 bits per heavy atom. The Hall–Kier alpha value is -3.17. The first-order valence-corrected chi connectivity index (χ1v) is 9.73. The predicted molar refractivity (Wildman–Crippen MR) is 111 cm³/mol. The van der Waals surface area contributed by atoms with Gasteiger partial charge in [-0.3, -0.25) is 9.78 Å². The van der Waals surface area contributed by atoms with Gasteiger partial charge < -0.3 is 9.80 Å². The van der Waals surface area contributed by atoms with Crippen LogP contribution >= 0.6 is 11.6 Å². The van der Waals surface area contributed by atoms with Crippen molar-refractivity contribution in [3.63, 3.8) is 0 Å². The zero-order valence-corrected chi connectivity index (χ0v) is 16.4. The van der Waals surface area contributed by atoms with Gasteiger partial charge in [0.25, 0.3) is 5.91 Å². The maximum Gasteiger partial charge on any atom is 0.256 e. The summed E-state index contributed by atoms with van der Waals surface area (Å²) in [4.78, 5) is 20.9. The van der Waals surface area contributed by atoms with Crippen LogP contribution in [0.4, 0.5) is 10.1 Å². The molecule has 3 aromatic rings. The van der Waals surface area contributed by atoms with Crippen LogP contribution in [0.2, 0.25) is 5.02 Å². The van der Waals surface area contributed by atoms with E-state index in [0.29, 0.717) is 43.2 Å². The summed E-state index contributed by atoms with van der Waals surface area (Å²) in [5, 5.41) is 11.0. The quantitative estimate of drug-likeness (QED) is 0.636. The molecule has 1 aliphatic rings. The Balaban J connectivity index is 1.64. The smallest absolute Gasteiger partial charge is 0.256 e. The van der Waals surface area contributed by atoms with Crippen LogP contribution < -0.4 is 4.90 Å². The van der Waals surface area contributed by atoms with Crippen LogP contribution in [0.5, 0.6) is 0 Å². The van der Waals surface area contributed by atoms with E-state index in [2.05, 4.69) is 16.0 Å². The number of nitrogens with zero attached hydrogens (tertiary/aromatic N) is 4. The minimum atomic E-state index is -0.514. The third-order valence-corrected chi connectivity index (χ3v) is 5.36. The van der Waals surface area contributed by atoms with Crippen molar-refractivity contribution in [2.24, 2.45) is 0 Å². The molecule has 29 heavy (non-hydrogen) atoms. The van der Waals surface area contributed by atoms with Crippen molar-refractivity contribution in [1.82, 2.24) is 9.88 Å². The molecule has 2 aromatic carbocycles. The van der Waals surface area contributed by atoms with Gasteiger partial charge in [-0.1, -0.05) is 23.7 Å². The van der Waals surface area contributed by atoms with E-state index in [1.807, 2.05) is 12.1 Å². The molecule has 0 spiro atoms. The number of pyridine rings is 1. The standard InChI is InChI=1S/C22H18ClFN4O/c23-16-6-7-20-18(12-16)21(15(13-25)14-26-20)27-8-3-9-28(11-10-27)22(29)17-4-1-2-5-19(17)24/h1-2,4-7,12,14H,3,8-11H2. The first-order chi connectivity index (χ1) is 14.1. The van der Waals surface area contributed by atoms with E-state index in [-0.39, 0.29) is 11.5 Å². The third-order valence-electron chi connectivity index (χ3n) is 5.13. The number of anilines is 1. The average molecular weight is 409 g/mol. The molecule has 2 heterocycles. The predicted octanol–water partition coefficient (Wildman–Crippen LogP) is 4.25. The molecule has 0 atom stereocenters. The largest absolute Gasteiger partial charge is 0.368 e. The topological polar surface area (TPSA) is 60.2 Å². The number of amides is 1. The molecule has 146 valence electrons. The highest BCUT2D eigenvalue weighted by Crippen LogP contribution is 2.32. The van der Waals surface area contributed by atoms with Crippen molar-refractivity contribution in [1.29, 1.82) is 5.26 Å². The van der Waals surface area contributed by atoms with Gasteiger partial charge in [0, 0.05) is 42.8 Å². The summed E-state index contributed by atoms with van der Waals surface area (Å²) in [5.74, 6) is -0.826. The summed E-state index contributed by atoms with van der Waals surface area (Å²) in [6.45, 7) is 2.15. The number of fused-ring (bicyclic) bond motifs is 1. The van der Waals surface area contributed by atoms with Crippen molar-refractivity contribution in [2.45, 2.75) is 6.42 Å². The van der Waals surface area contributed by atoms with Gasteiger partial charge in [-0.2, -0.15) is 5.26 Å². The fourth-order valence-electron chi connectivity index (χ4n) is 3.72. The van der Waals surface area contributed by atoms with Crippen LogP contribution in [0.25, 0.3) is 10.9 Å². The molecule has 4 rings (SSSR count). The molecule has 1 fully saturated rings. The SMILES string of the molecule is N#Cc1cnc2ccc(Cl)cc2c1N1CCCN(C(=O)c2ccccc2F)CC1. The zero-order chi connectivity index (χ0) is 20.4. The second-order valence-corrected chi connectivity index (χ2v) is 7.34. The highest BCUT2D eigenvalue weighted by Gasteiger charge is 2.24. The molecule has 0 unspecified atom stereocenters. The lowest BCUT2D eigenvalue weighted by molar-refractivity contribution is 0.0762. The highest BCUT2D eigenvalue weighted by atomic mass is 35.5. The van der Waals surface area contributed by atoms with E-state index in [9.17, 15) is 14.4 Å². The summed E-state index contributed by atoms with van der Waals surface area (Å²) in [7, 11) is 0. The van der Waals surface area contributed by atoms with E-state index in [1.54, 1.807) is 29.3 Å². The summed E-state index contributed by atoms with van der Waals surface area (Å²) < 4.78 is 14.0. The van der Waals surface area contributed by atoms with Gasteiger partial charge in [0.15, 0.2) is 0 Å². The summed E-state index contributed by atoms with van der Waals surface area (Å²) in [5.41, 5.74) is 2.08. The average Bonchev–Trinajstić information content (AvgIpc) is 2.98. The van der Waals surface area contributed by atoms with E-state index in [4.69, 9.17) is 11.6 Å². The molecular weight excluding hydrogens is 391 g/mol. The van der Waals surface area contributed by atoms with Crippen LogP contribution in [0.1, 0.15) is 22.3 Å². The number of hydrogen-bond donors (Lipinski definition) is 0. The lowest BCUT2D eigenvalue weighted by Gasteiger charge is -2.26. The Labute approximate surface area is 172 Å². The molecule has 1 saturated heterocycles. The van der Waals surface area contributed by atoms with Crippen molar-refractivity contribution in [3.8, 4) is 6.07 Å². The third kappa shape index (κ3) is 3.74. The molecule has 0 radical (unpaired) electrons. The van der Waals surface area contributed by atoms with Crippen LogP contribution in [0, 0.1) is 17.1 Å². The molecular formula is C22H18ClFN4O. The number of hydrogen-bond acceptors (Lipinski definition) is 4. The summed E-state index contributed by atoms with van der Waals surface area (Å²) in [6.07, 6.45) is 2.27. The van der Waals surface area contributed by atoms with Gasteiger partial charge >= 0.3 is 0 Å². The summed E-state index contributed by atoms with van der Waals surface area (Å²) >= 11 is 6.19. The van der Waals surface area contributed by atoms with Gasteiger partial charge in [-0.05, 0) is 36.8 Å². The normalized spacial score (nSPS) is 14.5. The fraction of sp³-hybridized carbons (Fsp3) is 0.227. The molecule has 5 nitrogen and oxygen atoms in total. The maximum absolute atomic E-state index is 14.0. The summed E-state index contributed by atoms with van der Waals surface area (Å²) in [6, 6.07) is 13.7. The van der Waals surface area contributed by atoms with Gasteiger partial charge in [0.2, 0.25) is 0 Å². The highest BCUT2D eigenvalue weighted by molar-refractivity contribution is 6.31. The molecule has 1 amide bonds. The Kier molecular flexibility index (Phi) is 5.32. The maximum atomic E-state index is 14.0. The minimum Gasteiger partial charge on any atom is -0.368 e. The number of benzene rings is 2. The molecule has 1 aromatic heterocycles. The molecule has 0 aliphatic carbocycles. The Morgan fingerprint density at radius 1 is 1.14 bits per heavy atom. The molecule has 0 bridgehead atoms. The zero-order valence-electron chi connectivity index (χ0n) is 15.6. The number of nitriles is 1. The fourth-order valence-corrected chi connectivity index (χ4v) is 3.89. The van der Waals surface area contributed by atoms with E-state index >= 15 is 0 Å². The lowest BCUT2D eigenvalue weighted by Crippen LogP contribution is -2.35. The van der Waals surface area contributed by atoms with E-state index in [0.717, 1.165) is 16.6 Å². The van der Waals surface area contributed by atoms with Gasteiger partial charge in [0.05, 0.1) is 22.3 Å². The van der Waals surface area contributed by atoms with Gasteiger partial charge in [-0.15, -0.1) is 0 Å².